The van der Waals surface area contributed by atoms with E-state index in [1.54, 1.807) is 0 Å². The van der Waals surface area contributed by atoms with Gasteiger partial charge in [0, 0.05) is 44.4 Å². The number of amides is 2. The molecule has 0 saturated heterocycles. The summed E-state index contributed by atoms with van der Waals surface area (Å²) >= 11 is 0. The van der Waals surface area contributed by atoms with E-state index >= 15 is 0 Å². The molecule has 1 aliphatic rings. The molecule has 6 atom stereocenters. The van der Waals surface area contributed by atoms with Crippen LogP contribution in [0.15, 0.2) is 0 Å². The third kappa shape index (κ3) is 87.6. The number of carboxylic acid groups (broad SMARTS) is 2. The summed E-state index contributed by atoms with van der Waals surface area (Å²) in [6, 6.07) is 1.41. The highest BCUT2D eigenvalue weighted by molar-refractivity contribution is 5.85. The smallest absolute Gasteiger partial charge is 0.307 e. The van der Waals surface area contributed by atoms with Crippen LogP contribution in [-0.2, 0) is 38.2 Å². The Morgan fingerprint density at radius 2 is 0.924 bits per heavy atom. The van der Waals surface area contributed by atoms with Gasteiger partial charge in [0.05, 0.1) is 31.1 Å². The van der Waals surface area contributed by atoms with Crippen molar-refractivity contribution < 1.29 is 54.2 Å². The van der Waals surface area contributed by atoms with Crippen LogP contribution in [0.25, 0.3) is 0 Å². The van der Waals surface area contributed by atoms with Crippen LogP contribution in [0, 0.1) is 11.8 Å². The summed E-state index contributed by atoms with van der Waals surface area (Å²) < 4.78 is 9.44. The fourth-order valence-electron chi connectivity index (χ4n) is 4.19. The summed E-state index contributed by atoms with van der Waals surface area (Å²) in [5.74, 6) is -3.18. The minimum Gasteiger partial charge on any atom is -0.550 e. The highest BCUT2D eigenvalue weighted by Gasteiger charge is 2.35. The largest absolute Gasteiger partial charge is 0.550 e. The van der Waals surface area contributed by atoms with Crippen molar-refractivity contribution in [2.24, 2.45) is 17.6 Å². The van der Waals surface area contributed by atoms with E-state index in [2.05, 4.69) is 41.9 Å². The Bertz CT molecular complexity index is 957. The van der Waals surface area contributed by atoms with Crippen molar-refractivity contribution in [1.82, 2.24) is 10.6 Å². The van der Waals surface area contributed by atoms with E-state index in [9.17, 15) is 33.9 Å². The number of ether oxygens (including phenoxy) is 2. The second-order valence-electron chi connectivity index (χ2n) is 14.1. The molecule has 0 aromatic heterocycles. The van der Waals surface area contributed by atoms with Crippen LogP contribution in [0.3, 0.4) is 0 Å². The number of carbonyl (C=O) groups is 6. The number of quaternary nitrogens is 1. The first-order chi connectivity index (χ1) is 25.3. The molecule has 6 unspecified atom stereocenters. The first-order valence-corrected chi connectivity index (χ1v) is 20.2. The zero-order valence-electron chi connectivity index (χ0n) is 35.6. The number of rotatable bonds is 20. The van der Waals surface area contributed by atoms with Crippen LogP contribution < -0.4 is 27.2 Å². The first kappa shape index (κ1) is 109. The van der Waals surface area contributed by atoms with E-state index in [1.165, 1.54) is 20.3 Å². The van der Waals surface area contributed by atoms with Crippen molar-refractivity contribution in [3.05, 3.63) is 0 Å². The lowest BCUT2D eigenvalue weighted by Crippen LogP contribution is -2.58. The molecule has 0 aliphatic heterocycles. The van der Waals surface area contributed by atoms with Gasteiger partial charge in [-0.25, -0.2) is 0 Å². The summed E-state index contributed by atoms with van der Waals surface area (Å²) in [5, 5.41) is 24.8. The SMILES string of the molecule is C.C.C.C.C.C.C.C.C.C.C.C.CC(=O)OCCCCCC(=O)[O-].CCC(C)N.CCC(C)NC(=O)C1CCCCC1C(=O)O.CCC(C)NC(=O)CCCCCOC(C)=O.CCC(C)[NH3+]. The number of carboxylic acids is 2. The predicted molar refractivity (Wildman–Crippen MR) is 291 cm³/mol. The first-order valence-electron chi connectivity index (χ1n) is 20.2. The molecule has 0 aromatic carbocycles. The van der Waals surface area contributed by atoms with Crippen molar-refractivity contribution in [2.45, 2.75) is 285 Å². The van der Waals surface area contributed by atoms with E-state index in [4.69, 9.17) is 15.6 Å². The molecule has 2 amide bonds. The average Bonchev–Trinajstić information content (AvgIpc) is 3.11. The molecule has 1 saturated carbocycles. The number of nitrogens with two attached hydrogens (primary N) is 1. The fraction of sp³-hybridized carbons (Fsp3) is 0.885. The van der Waals surface area contributed by atoms with Crippen LogP contribution in [0.5, 0.6) is 0 Å². The van der Waals surface area contributed by atoms with Crippen LogP contribution in [0.4, 0.5) is 0 Å². The van der Waals surface area contributed by atoms with Gasteiger partial charge in [-0.15, -0.1) is 0 Å². The average molecular weight is 970 g/mol. The Hall–Kier alpha value is -3.26. The normalized spacial score (nSPS) is 13.5. The van der Waals surface area contributed by atoms with Gasteiger partial charge >= 0.3 is 17.9 Å². The lowest BCUT2D eigenvalue weighted by atomic mass is 9.78. The van der Waals surface area contributed by atoms with Crippen LogP contribution in [0.1, 0.15) is 261 Å². The van der Waals surface area contributed by atoms with Crippen LogP contribution in [0.2, 0.25) is 0 Å². The van der Waals surface area contributed by atoms with E-state index in [0.29, 0.717) is 57.4 Å². The van der Waals surface area contributed by atoms with Crippen molar-refractivity contribution >= 4 is 35.7 Å². The van der Waals surface area contributed by atoms with Gasteiger partial charge < -0.3 is 46.6 Å². The minimum atomic E-state index is -1.03. The molecule has 0 spiro atoms. The van der Waals surface area contributed by atoms with Crippen molar-refractivity contribution in [2.75, 3.05) is 13.2 Å². The molecule has 416 valence electrons. The number of hydrogen-bond donors (Lipinski definition) is 5. The number of esters is 2. The third-order valence-electron chi connectivity index (χ3n) is 8.47. The fourth-order valence-corrected chi connectivity index (χ4v) is 4.19. The summed E-state index contributed by atoms with van der Waals surface area (Å²) in [6.45, 7) is 19.9. The van der Waals surface area contributed by atoms with E-state index in [0.717, 1.165) is 57.8 Å². The van der Waals surface area contributed by atoms with Crippen molar-refractivity contribution in [1.29, 1.82) is 0 Å². The maximum atomic E-state index is 11.9. The number of nitrogens with one attached hydrogen (secondary N) is 2. The number of aliphatic carboxylic acids is 2. The monoisotopic (exact) mass is 969 g/mol. The number of carbonyl (C=O) groups excluding carboxylic acids is 5. The second kappa shape index (κ2) is 76.0. The summed E-state index contributed by atoms with van der Waals surface area (Å²) in [6.07, 6.45) is 12.6. The summed E-state index contributed by atoms with van der Waals surface area (Å²) in [4.78, 5) is 65.0. The quantitative estimate of drug-likeness (QED) is 0.0567. The molecule has 0 aromatic rings. The molecule has 8 N–H and O–H groups in total. The molecule has 1 rings (SSSR count). The van der Waals surface area contributed by atoms with Gasteiger partial charge in [0.25, 0.3) is 0 Å². The van der Waals surface area contributed by atoms with Gasteiger partial charge in [-0.1, -0.05) is 130 Å². The standard InChI is InChI=1S/C12H21NO3.C12H23NO3.C8H14O4.2C4H11N.12CH4/c1-3-8(2)13-11(14)9-6-4-5-7-10(9)12(15)16;1-4-10(2)13-12(15)8-6-5-7-9-16-11(3)14;1-7(9)12-6-4-2-3-5-8(10)11;2*1-3-4(2)5;;;;;;;;;;;;/h8-10H,3-7H2,1-2H3,(H,13,14)(H,15,16);10H,4-9H2,1-3H3,(H,13,15);2-6H2,1H3,(H,10,11);2*4H,3,5H2,1-2H3;12*1H4. The van der Waals surface area contributed by atoms with Crippen molar-refractivity contribution in [3.63, 3.8) is 0 Å². The highest BCUT2D eigenvalue weighted by atomic mass is 16.5. The maximum Gasteiger partial charge on any atom is 0.307 e. The molecule has 14 heteroatoms. The number of unbranched alkanes of at least 4 members (excludes halogenated alkanes) is 4. The summed E-state index contributed by atoms with van der Waals surface area (Å²) in [7, 11) is 0. The van der Waals surface area contributed by atoms with E-state index in [-0.39, 0.29) is 137 Å². The molecular weight excluding hydrogens is 841 g/mol. The molecule has 1 aliphatic carbocycles. The van der Waals surface area contributed by atoms with Crippen LogP contribution >= 0.6 is 0 Å². The second-order valence-corrected chi connectivity index (χ2v) is 14.1. The minimum absolute atomic E-state index is 0. The molecular formula is C52H128N4O10. The highest BCUT2D eigenvalue weighted by Crippen LogP contribution is 2.30. The Morgan fingerprint density at radius 1 is 0.591 bits per heavy atom. The van der Waals surface area contributed by atoms with Gasteiger partial charge in [-0.3, -0.25) is 24.0 Å². The zero-order chi connectivity index (χ0) is 42.5. The third-order valence-corrected chi connectivity index (χ3v) is 8.47. The van der Waals surface area contributed by atoms with Gasteiger partial charge in [0.15, 0.2) is 0 Å². The lowest BCUT2D eigenvalue weighted by molar-refractivity contribution is -0.414. The Labute approximate surface area is 415 Å². The Morgan fingerprint density at radius 3 is 1.21 bits per heavy atom. The van der Waals surface area contributed by atoms with Crippen LogP contribution in [-0.4, -0.2) is 78.2 Å². The number of hydrogen-bond acceptors (Lipinski definition) is 10. The molecule has 1 fully saturated rings. The molecule has 0 heterocycles. The predicted octanol–water partition coefficient (Wildman–Crippen LogP) is 12.1. The van der Waals surface area contributed by atoms with Gasteiger partial charge in [0.2, 0.25) is 11.8 Å². The summed E-state index contributed by atoms with van der Waals surface area (Å²) in [5.41, 5.74) is 9.05. The van der Waals surface area contributed by atoms with Gasteiger partial charge in [-0.2, -0.15) is 0 Å². The van der Waals surface area contributed by atoms with E-state index in [1.807, 2.05) is 34.6 Å². The molecule has 66 heavy (non-hydrogen) atoms. The molecule has 0 radical (unpaired) electrons. The zero-order valence-corrected chi connectivity index (χ0v) is 35.6. The van der Waals surface area contributed by atoms with Gasteiger partial charge in [0.1, 0.15) is 0 Å². The Kier molecular flexibility index (Phi) is 126. The Balaban J connectivity index is -0.0000000341. The topological polar surface area (TPSA) is 242 Å². The molecule has 0 bridgehead atoms. The maximum absolute atomic E-state index is 11.9. The lowest BCUT2D eigenvalue weighted by Gasteiger charge is -2.28. The van der Waals surface area contributed by atoms with Crippen molar-refractivity contribution in [3.8, 4) is 0 Å². The van der Waals surface area contributed by atoms with E-state index < -0.39 is 17.9 Å². The van der Waals surface area contributed by atoms with Gasteiger partial charge in [-0.05, 0) is 111 Å². The molecule has 14 nitrogen and oxygen atoms in total.